The highest BCUT2D eigenvalue weighted by Gasteiger charge is 2.31. The van der Waals surface area contributed by atoms with Gasteiger partial charge < -0.3 is 10.4 Å². The van der Waals surface area contributed by atoms with Crippen molar-refractivity contribution in [2.24, 2.45) is 0 Å². The Morgan fingerprint density at radius 1 is 1.47 bits per heavy atom. The molecule has 0 radical (unpaired) electrons. The lowest BCUT2D eigenvalue weighted by molar-refractivity contribution is -0.142. The topological polar surface area (TPSA) is 69.6 Å². The van der Waals surface area contributed by atoms with Crippen LogP contribution in [0.5, 0.6) is 0 Å². The van der Waals surface area contributed by atoms with Crippen molar-refractivity contribution in [3.8, 4) is 12.3 Å². The highest BCUT2D eigenvalue weighted by atomic mass is 16.4. The van der Waals surface area contributed by atoms with E-state index in [1.165, 1.54) is 0 Å². The number of carbonyl (C=O) groups excluding carboxylic acids is 1. The van der Waals surface area contributed by atoms with Gasteiger partial charge in [-0.2, -0.15) is 0 Å². The predicted molar refractivity (Wildman–Crippen MR) is 65.4 cm³/mol. The second-order valence-corrected chi connectivity index (χ2v) is 4.79. The maximum atomic E-state index is 11.7. The normalized spacial score (nSPS) is 12.9. The van der Waals surface area contributed by atoms with Crippen LogP contribution in [0.1, 0.15) is 27.7 Å². The third kappa shape index (κ3) is 5.36. The van der Waals surface area contributed by atoms with Crippen LogP contribution in [0.4, 0.5) is 0 Å². The number of carboxylic acids is 1. The summed E-state index contributed by atoms with van der Waals surface area (Å²) in [5.41, 5.74) is -0.411. The van der Waals surface area contributed by atoms with Crippen molar-refractivity contribution < 1.29 is 14.7 Å². The van der Waals surface area contributed by atoms with Crippen LogP contribution in [-0.2, 0) is 9.59 Å². The van der Waals surface area contributed by atoms with E-state index >= 15 is 0 Å². The van der Waals surface area contributed by atoms with Crippen molar-refractivity contribution in [2.75, 3.05) is 13.1 Å². The number of aliphatic carboxylic acids is 1. The molecule has 2 N–H and O–H groups in total. The smallest absolute Gasteiger partial charge is 0.317 e. The first-order valence-corrected chi connectivity index (χ1v) is 5.40. The minimum absolute atomic E-state index is 0.147. The molecular weight excluding hydrogens is 220 g/mol. The van der Waals surface area contributed by atoms with E-state index in [4.69, 9.17) is 11.5 Å². The van der Waals surface area contributed by atoms with Crippen LogP contribution in [0.3, 0.4) is 0 Å². The van der Waals surface area contributed by atoms with Crippen molar-refractivity contribution in [1.82, 2.24) is 10.2 Å². The second-order valence-electron chi connectivity index (χ2n) is 4.79. The third-order valence-electron chi connectivity index (χ3n) is 2.38. The van der Waals surface area contributed by atoms with Crippen LogP contribution in [0.15, 0.2) is 0 Å². The highest BCUT2D eigenvalue weighted by molar-refractivity contribution is 5.82. The highest BCUT2D eigenvalue weighted by Crippen LogP contribution is 2.16. The molecule has 0 rings (SSSR count). The fourth-order valence-corrected chi connectivity index (χ4v) is 1.53. The SMILES string of the molecule is C#CCNC(=O)C(C)N(CC(=O)O)C(C)(C)C. The molecule has 17 heavy (non-hydrogen) atoms. The number of hydrogen-bond acceptors (Lipinski definition) is 3. The number of carboxylic acid groups (broad SMARTS) is 1. The summed E-state index contributed by atoms with van der Waals surface area (Å²) < 4.78 is 0. The van der Waals surface area contributed by atoms with Crippen LogP contribution in [0, 0.1) is 12.3 Å². The van der Waals surface area contributed by atoms with Gasteiger partial charge in [0.1, 0.15) is 0 Å². The van der Waals surface area contributed by atoms with E-state index in [9.17, 15) is 9.59 Å². The summed E-state index contributed by atoms with van der Waals surface area (Å²) in [7, 11) is 0. The van der Waals surface area contributed by atoms with Gasteiger partial charge in [0.15, 0.2) is 0 Å². The lowest BCUT2D eigenvalue weighted by Crippen LogP contribution is -2.55. The summed E-state index contributed by atoms with van der Waals surface area (Å²) >= 11 is 0. The van der Waals surface area contributed by atoms with E-state index in [-0.39, 0.29) is 19.0 Å². The largest absolute Gasteiger partial charge is 0.480 e. The van der Waals surface area contributed by atoms with Gasteiger partial charge in [0.25, 0.3) is 0 Å². The number of amides is 1. The minimum Gasteiger partial charge on any atom is -0.480 e. The van der Waals surface area contributed by atoms with Gasteiger partial charge in [0.2, 0.25) is 5.91 Å². The average Bonchev–Trinajstić information content (AvgIpc) is 2.19. The van der Waals surface area contributed by atoms with E-state index in [2.05, 4.69) is 11.2 Å². The zero-order valence-corrected chi connectivity index (χ0v) is 10.8. The van der Waals surface area contributed by atoms with E-state index < -0.39 is 17.6 Å². The summed E-state index contributed by atoms with van der Waals surface area (Å²) in [4.78, 5) is 24.1. The first kappa shape index (κ1) is 15.5. The number of carbonyl (C=O) groups is 2. The van der Waals surface area contributed by atoms with Gasteiger partial charge in [-0.1, -0.05) is 5.92 Å². The Morgan fingerprint density at radius 2 is 2.00 bits per heavy atom. The Morgan fingerprint density at radius 3 is 2.35 bits per heavy atom. The maximum Gasteiger partial charge on any atom is 0.317 e. The Labute approximate surface area is 102 Å². The summed E-state index contributed by atoms with van der Waals surface area (Å²) in [6, 6.07) is -0.542. The number of nitrogens with one attached hydrogen (secondary N) is 1. The van der Waals surface area contributed by atoms with E-state index in [0.29, 0.717) is 0 Å². The zero-order chi connectivity index (χ0) is 13.6. The van der Waals surface area contributed by atoms with Gasteiger partial charge >= 0.3 is 5.97 Å². The molecule has 0 aromatic rings. The van der Waals surface area contributed by atoms with Crippen molar-refractivity contribution in [2.45, 2.75) is 39.3 Å². The number of rotatable bonds is 5. The number of hydrogen-bond donors (Lipinski definition) is 2. The molecule has 0 saturated carbocycles. The lowest BCUT2D eigenvalue weighted by Gasteiger charge is -2.38. The Balaban J connectivity index is 4.76. The molecular formula is C12H20N2O3. The number of nitrogens with zero attached hydrogens (tertiary/aromatic N) is 1. The zero-order valence-electron chi connectivity index (χ0n) is 10.8. The van der Waals surface area contributed by atoms with Crippen molar-refractivity contribution >= 4 is 11.9 Å². The lowest BCUT2D eigenvalue weighted by atomic mass is 10.0. The van der Waals surface area contributed by atoms with Crippen LogP contribution in [-0.4, -0.2) is 46.6 Å². The van der Waals surface area contributed by atoms with Gasteiger partial charge in [-0.3, -0.25) is 14.5 Å². The van der Waals surface area contributed by atoms with Gasteiger partial charge in [-0.15, -0.1) is 6.42 Å². The molecule has 0 aliphatic heterocycles. The summed E-state index contributed by atoms with van der Waals surface area (Å²) in [5.74, 6) is 1.08. The predicted octanol–water partition coefficient (Wildman–Crippen LogP) is 0.309. The van der Waals surface area contributed by atoms with Crippen molar-refractivity contribution in [3.05, 3.63) is 0 Å². The molecule has 1 atom stereocenters. The third-order valence-corrected chi connectivity index (χ3v) is 2.38. The fraction of sp³-hybridized carbons (Fsp3) is 0.667. The van der Waals surface area contributed by atoms with Crippen LogP contribution >= 0.6 is 0 Å². The molecule has 96 valence electrons. The molecule has 0 aromatic carbocycles. The van der Waals surface area contributed by atoms with Gasteiger partial charge in [0, 0.05) is 5.54 Å². The average molecular weight is 240 g/mol. The first-order valence-electron chi connectivity index (χ1n) is 5.40. The van der Waals surface area contributed by atoms with Crippen molar-refractivity contribution in [3.63, 3.8) is 0 Å². The Hall–Kier alpha value is -1.54. The van der Waals surface area contributed by atoms with E-state index in [1.807, 2.05) is 20.8 Å². The Bertz CT molecular complexity index is 326. The molecule has 0 aliphatic carbocycles. The van der Waals surface area contributed by atoms with E-state index in [0.717, 1.165) is 0 Å². The van der Waals surface area contributed by atoms with Gasteiger partial charge in [-0.25, -0.2) is 0 Å². The standard InChI is InChI=1S/C12H20N2O3/c1-6-7-13-11(17)9(2)14(8-10(15)16)12(3,4)5/h1,9H,7-8H2,2-5H3,(H,13,17)(H,15,16). The molecule has 1 amide bonds. The molecule has 5 heteroatoms. The molecule has 0 spiro atoms. The minimum atomic E-state index is -0.962. The number of terminal acetylenes is 1. The van der Waals surface area contributed by atoms with E-state index in [1.54, 1.807) is 11.8 Å². The monoisotopic (exact) mass is 240 g/mol. The molecule has 0 heterocycles. The molecule has 0 aliphatic rings. The van der Waals surface area contributed by atoms with Crippen LogP contribution in [0.25, 0.3) is 0 Å². The van der Waals surface area contributed by atoms with Crippen molar-refractivity contribution in [1.29, 1.82) is 0 Å². The quantitative estimate of drug-likeness (QED) is 0.679. The van der Waals surface area contributed by atoms with Gasteiger partial charge in [-0.05, 0) is 27.7 Å². The fourth-order valence-electron chi connectivity index (χ4n) is 1.53. The molecule has 0 bridgehead atoms. The molecule has 0 aromatic heterocycles. The van der Waals surface area contributed by atoms with Crippen LogP contribution < -0.4 is 5.32 Å². The summed E-state index contributed by atoms with van der Waals surface area (Å²) in [6.07, 6.45) is 5.05. The van der Waals surface area contributed by atoms with Gasteiger partial charge in [0.05, 0.1) is 19.1 Å². The Kier molecular flexibility index (Phi) is 5.69. The maximum absolute atomic E-state index is 11.7. The molecule has 0 saturated heterocycles. The molecule has 5 nitrogen and oxygen atoms in total. The first-order chi connectivity index (χ1) is 7.70. The summed E-state index contributed by atoms with van der Waals surface area (Å²) in [5, 5.41) is 11.4. The molecule has 0 fully saturated rings. The summed E-state index contributed by atoms with van der Waals surface area (Å²) in [6.45, 7) is 7.21. The second kappa shape index (κ2) is 6.26. The molecule has 1 unspecified atom stereocenters. The van der Waals surface area contributed by atoms with Crippen LogP contribution in [0.2, 0.25) is 0 Å².